The smallest absolute Gasteiger partial charge is 0.293 e. The second-order valence-electron chi connectivity index (χ2n) is 5.27. The molecule has 2 aromatic heterocycles. The molecule has 0 fully saturated rings. The number of aryl methyl sites for hydroxylation is 1. The summed E-state index contributed by atoms with van der Waals surface area (Å²) < 4.78 is 3.18. The molecule has 1 N–H and O–H groups in total. The van der Waals surface area contributed by atoms with Crippen LogP contribution in [0.25, 0.3) is 0 Å². The Balaban J connectivity index is 1.79. The number of carbonyl (C=O) groups excluding carboxylic acids is 1. The first-order valence-electron chi connectivity index (χ1n) is 7.44. The summed E-state index contributed by atoms with van der Waals surface area (Å²) in [6, 6.07) is 4.33. The Morgan fingerprint density at radius 2 is 2.16 bits per heavy atom. The molecule has 0 aliphatic carbocycles. The van der Waals surface area contributed by atoms with Gasteiger partial charge in [-0.3, -0.25) is 19.6 Å². The summed E-state index contributed by atoms with van der Waals surface area (Å²) >= 11 is 0. The van der Waals surface area contributed by atoms with Crippen molar-refractivity contribution in [3.05, 3.63) is 64.5 Å². The lowest BCUT2D eigenvalue weighted by Gasteiger charge is -2.08. The molecule has 3 rings (SSSR count). The zero-order valence-electron chi connectivity index (χ0n) is 13.4. The van der Waals surface area contributed by atoms with Gasteiger partial charge in [-0.25, -0.2) is 4.98 Å². The van der Waals surface area contributed by atoms with Crippen molar-refractivity contribution < 1.29 is 9.72 Å². The third-order valence-corrected chi connectivity index (χ3v) is 3.61. The highest BCUT2D eigenvalue weighted by Gasteiger charge is 2.20. The van der Waals surface area contributed by atoms with Crippen molar-refractivity contribution in [2.45, 2.75) is 6.54 Å². The van der Waals surface area contributed by atoms with E-state index in [0.29, 0.717) is 18.8 Å². The SMILES string of the molecule is Cn1ccnc1C(=O)c1ccc(NCCn2ccnn2)c([N+](=O)[O-])c1. The molecule has 0 spiro atoms. The number of hydrogen-bond donors (Lipinski definition) is 1. The van der Waals surface area contributed by atoms with Gasteiger partial charge in [0.25, 0.3) is 5.69 Å². The molecule has 25 heavy (non-hydrogen) atoms. The maximum atomic E-state index is 12.4. The number of benzene rings is 1. The van der Waals surface area contributed by atoms with Crippen LogP contribution < -0.4 is 5.32 Å². The van der Waals surface area contributed by atoms with E-state index >= 15 is 0 Å². The fraction of sp³-hybridized carbons (Fsp3) is 0.200. The number of rotatable bonds is 7. The standard InChI is InChI=1S/C15H15N7O3/c1-20-7-4-17-15(20)14(23)11-2-3-12(13(10-11)22(24)25)16-5-8-21-9-6-18-19-21/h2-4,6-7,9-10,16H,5,8H2,1H3. The Morgan fingerprint density at radius 3 is 2.80 bits per heavy atom. The first kappa shape index (κ1) is 16.3. The van der Waals surface area contributed by atoms with Gasteiger partial charge < -0.3 is 9.88 Å². The molecule has 10 heteroatoms. The maximum Gasteiger partial charge on any atom is 0.293 e. The van der Waals surface area contributed by atoms with Crippen LogP contribution in [0.15, 0.2) is 43.0 Å². The maximum absolute atomic E-state index is 12.4. The van der Waals surface area contributed by atoms with Gasteiger partial charge in [-0.2, -0.15) is 0 Å². The number of nitro groups is 1. The molecule has 0 bridgehead atoms. The number of carbonyl (C=O) groups is 1. The monoisotopic (exact) mass is 341 g/mol. The molecular weight excluding hydrogens is 326 g/mol. The number of ketones is 1. The summed E-state index contributed by atoms with van der Waals surface area (Å²) in [4.78, 5) is 27.2. The average Bonchev–Trinajstić information content (AvgIpc) is 3.26. The highest BCUT2D eigenvalue weighted by Crippen LogP contribution is 2.26. The largest absolute Gasteiger partial charge is 0.378 e. The van der Waals surface area contributed by atoms with Gasteiger partial charge in [-0.1, -0.05) is 5.21 Å². The van der Waals surface area contributed by atoms with Crippen LogP contribution in [-0.2, 0) is 13.6 Å². The summed E-state index contributed by atoms with van der Waals surface area (Å²) in [5, 5.41) is 21.8. The van der Waals surface area contributed by atoms with Gasteiger partial charge in [-0.15, -0.1) is 5.10 Å². The molecule has 0 saturated carbocycles. The number of hydrogen-bond acceptors (Lipinski definition) is 7. The van der Waals surface area contributed by atoms with Crippen LogP contribution in [0.5, 0.6) is 0 Å². The predicted molar refractivity (Wildman–Crippen MR) is 88.2 cm³/mol. The molecule has 2 heterocycles. The molecule has 0 saturated heterocycles. The van der Waals surface area contributed by atoms with Crippen molar-refractivity contribution in [3.8, 4) is 0 Å². The molecule has 0 aliphatic heterocycles. The van der Waals surface area contributed by atoms with Gasteiger partial charge in [0, 0.05) is 43.8 Å². The van der Waals surface area contributed by atoms with E-state index in [-0.39, 0.29) is 22.9 Å². The highest BCUT2D eigenvalue weighted by molar-refractivity contribution is 6.07. The van der Waals surface area contributed by atoms with Crippen LogP contribution >= 0.6 is 0 Å². The van der Waals surface area contributed by atoms with E-state index in [1.807, 2.05) is 0 Å². The molecule has 3 aromatic rings. The van der Waals surface area contributed by atoms with E-state index in [0.717, 1.165) is 0 Å². The van der Waals surface area contributed by atoms with E-state index in [4.69, 9.17) is 0 Å². The quantitative estimate of drug-likeness (QED) is 0.390. The average molecular weight is 341 g/mol. The van der Waals surface area contributed by atoms with Crippen LogP contribution in [0.3, 0.4) is 0 Å². The van der Waals surface area contributed by atoms with Gasteiger partial charge in [0.05, 0.1) is 17.7 Å². The molecule has 128 valence electrons. The van der Waals surface area contributed by atoms with E-state index < -0.39 is 4.92 Å². The van der Waals surface area contributed by atoms with E-state index in [9.17, 15) is 14.9 Å². The number of nitrogens with zero attached hydrogens (tertiary/aromatic N) is 6. The first-order valence-corrected chi connectivity index (χ1v) is 7.44. The molecular formula is C15H15N7O3. The summed E-state index contributed by atoms with van der Waals surface area (Å²) in [7, 11) is 1.69. The van der Waals surface area contributed by atoms with Gasteiger partial charge >= 0.3 is 0 Å². The van der Waals surface area contributed by atoms with E-state index in [1.165, 1.54) is 18.3 Å². The number of imidazole rings is 1. The fourth-order valence-corrected chi connectivity index (χ4v) is 2.34. The summed E-state index contributed by atoms with van der Waals surface area (Å²) in [5.41, 5.74) is 0.378. The van der Waals surface area contributed by atoms with Crippen LogP contribution in [0.4, 0.5) is 11.4 Å². The molecule has 0 atom stereocenters. The van der Waals surface area contributed by atoms with Crippen molar-refractivity contribution in [1.29, 1.82) is 0 Å². The van der Waals surface area contributed by atoms with Crippen LogP contribution in [0, 0.1) is 10.1 Å². The third-order valence-electron chi connectivity index (χ3n) is 3.61. The number of nitrogens with one attached hydrogen (secondary N) is 1. The zero-order valence-corrected chi connectivity index (χ0v) is 13.4. The van der Waals surface area contributed by atoms with E-state index in [2.05, 4.69) is 20.6 Å². The van der Waals surface area contributed by atoms with Crippen molar-refractivity contribution in [2.24, 2.45) is 7.05 Å². The van der Waals surface area contributed by atoms with Crippen molar-refractivity contribution in [2.75, 3.05) is 11.9 Å². The van der Waals surface area contributed by atoms with Crippen molar-refractivity contribution in [3.63, 3.8) is 0 Å². The summed E-state index contributed by atoms with van der Waals surface area (Å²) in [6.07, 6.45) is 6.40. The van der Waals surface area contributed by atoms with E-state index in [1.54, 1.807) is 41.0 Å². The summed E-state index contributed by atoms with van der Waals surface area (Å²) in [6.45, 7) is 0.933. The van der Waals surface area contributed by atoms with Crippen molar-refractivity contribution >= 4 is 17.2 Å². The van der Waals surface area contributed by atoms with Gasteiger partial charge in [0.1, 0.15) is 5.69 Å². The second-order valence-corrected chi connectivity index (χ2v) is 5.27. The predicted octanol–water partition coefficient (Wildman–Crippen LogP) is 1.26. The Hall–Kier alpha value is -3.56. The van der Waals surface area contributed by atoms with Crippen molar-refractivity contribution in [1.82, 2.24) is 24.5 Å². The Labute approximate surface area is 142 Å². The normalized spacial score (nSPS) is 10.6. The minimum absolute atomic E-state index is 0.168. The topological polar surface area (TPSA) is 121 Å². The van der Waals surface area contributed by atoms with Crippen LogP contribution in [0.1, 0.15) is 16.2 Å². The molecule has 10 nitrogen and oxygen atoms in total. The first-order chi connectivity index (χ1) is 12.1. The molecule has 1 aromatic carbocycles. The number of aromatic nitrogens is 5. The Bertz CT molecular complexity index is 902. The molecule has 0 radical (unpaired) electrons. The van der Waals surface area contributed by atoms with Crippen LogP contribution in [0.2, 0.25) is 0 Å². The van der Waals surface area contributed by atoms with Gasteiger partial charge in [0.2, 0.25) is 5.78 Å². The zero-order chi connectivity index (χ0) is 17.8. The summed E-state index contributed by atoms with van der Waals surface area (Å²) in [5.74, 6) is -0.147. The Morgan fingerprint density at radius 1 is 1.32 bits per heavy atom. The molecule has 0 aliphatic rings. The number of anilines is 1. The highest BCUT2D eigenvalue weighted by atomic mass is 16.6. The lowest BCUT2D eigenvalue weighted by molar-refractivity contribution is -0.384. The molecule has 0 unspecified atom stereocenters. The lowest BCUT2D eigenvalue weighted by atomic mass is 10.1. The third kappa shape index (κ3) is 3.52. The second kappa shape index (κ2) is 6.91. The molecule has 0 amide bonds. The Kier molecular flexibility index (Phi) is 4.50. The van der Waals surface area contributed by atoms with Crippen LogP contribution in [-0.4, -0.2) is 41.8 Å². The van der Waals surface area contributed by atoms with Gasteiger partial charge in [0.15, 0.2) is 5.82 Å². The minimum Gasteiger partial charge on any atom is -0.378 e. The lowest BCUT2D eigenvalue weighted by Crippen LogP contribution is -2.13. The van der Waals surface area contributed by atoms with Gasteiger partial charge in [-0.05, 0) is 12.1 Å². The minimum atomic E-state index is -0.521. The fourth-order valence-electron chi connectivity index (χ4n) is 2.34. The number of nitro benzene ring substituents is 1.